The van der Waals surface area contributed by atoms with Crippen molar-refractivity contribution in [3.8, 4) is 11.5 Å². The molecule has 3 aromatic rings. The number of hydrogen-bond donors (Lipinski definition) is 1. The SMILES string of the molecule is COc1ccccc1OCc1nc(CN(C(=O)Nc2ccc(C)cc2)C(C)C)cs1. The molecule has 158 valence electrons. The second-order valence-electron chi connectivity index (χ2n) is 7.19. The van der Waals surface area contributed by atoms with Crippen LogP contribution < -0.4 is 14.8 Å². The monoisotopic (exact) mass is 425 g/mol. The Morgan fingerprint density at radius 1 is 1.13 bits per heavy atom. The highest BCUT2D eigenvalue weighted by Crippen LogP contribution is 2.27. The van der Waals surface area contributed by atoms with Crippen LogP contribution in [0.25, 0.3) is 0 Å². The van der Waals surface area contributed by atoms with E-state index in [9.17, 15) is 4.79 Å². The quantitative estimate of drug-likeness (QED) is 0.519. The number of rotatable bonds is 8. The molecule has 1 N–H and O–H groups in total. The van der Waals surface area contributed by atoms with E-state index in [1.165, 1.54) is 11.3 Å². The summed E-state index contributed by atoms with van der Waals surface area (Å²) < 4.78 is 11.2. The third-order valence-electron chi connectivity index (χ3n) is 4.54. The van der Waals surface area contributed by atoms with Gasteiger partial charge < -0.3 is 19.7 Å². The third-order valence-corrected chi connectivity index (χ3v) is 5.41. The predicted octanol–water partition coefficient (Wildman–Crippen LogP) is 5.48. The average molecular weight is 426 g/mol. The van der Waals surface area contributed by atoms with Crippen LogP contribution in [0.1, 0.15) is 30.1 Å². The number of nitrogens with zero attached hydrogens (tertiary/aromatic N) is 2. The second kappa shape index (κ2) is 10.1. The van der Waals surface area contributed by atoms with Crippen molar-refractivity contribution in [2.24, 2.45) is 0 Å². The molecule has 6 nitrogen and oxygen atoms in total. The summed E-state index contributed by atoms with van der Waals surface area (Å²) in [7, 11) is 1.62. The lowest BCUT2D eigenvalue weighted by atomic mass is 10.2. The molecule has 30 heavy (non-hydrogen) atoms. The maximum atomic E-state index is 12.8. The Balaban J connectivity index is 1.61. The highest BCUT2D eigenvalue weighted by atomic mass is 32.1. The van der Waals surface area contributed by atoms with Crippen molar-refractivity contribution in [1.29, 1.82) is 0 Å². The van der Waals surface area contributed by atoms with Crippen LogP contribution in [0.2, 0.25) is 0 Å². The normalized spacial score (nSPS) is 10.7. The molecule has 0 radical (unpaired) electrons. The van der Waals surface area contributed by atoms with E-state index in [0.717, 1.165) is 22.0 Å². The summed E-state index contributed by atoms with van der Waals surface area (Å²) in [5.41, 5.74) is 2.77. The minimum absolute atomic E-state index is 0.0328. The summed E-state index contributed by atoms with van der Waals surface area (Å²) in [6.45, 7) is 6.78. The van der Waals surface area contributed by atoms with Gasteiger partial charge in [-0.25, -0.2) is 9.78 Å². The Hall–Kier alpha value is -3.06. The zero-order valence-electron chi connectivity index (χ0n) is 17.7. The number of hydrogen-bond acceptors (Lipinski definition) is 5. The number of aromatic nitrogens is 1. The van der Waals surface area contributed by atoms with Crippen molar-refractivity contribution < 1.29 is 14.3 Å². The molecular weight excluding hydrogens is 398 g/mol. The van der Waals surface area contributed by atoms with Crippen molar-refractivity contribution in [1.82, 2.24) is 9.88 Å². The summed E-state index contributed by atoms with van der Waals surface area (Å²) in [6.07, 6.45) is 0. The summed E-state index contributed by atoms with van der Waals surface area (Å²) in [6, 6.07) is 15.2. The van der Waals surface area contributed by atoms with Gasteiger partial charge in [-0.1, -0.05) is 29.8 Å². The van der Waals surface area contributed by atoms with Gasteiger partial charge in [0.25, 0.3) is 0 Å². The van der Waals surface area contributed by atoms with Crippen molar-refractivity contribution in [3.05, 3.63) is 70.2 Å². The fourth-order valence-electron chi connectivity index (χ4n) is 2.86. The molecule has 1 aromatic heterocycles. The number of carbonyl (C=O) groups excluding carboxylic acids is 1. The van der Waals surface area contributed by atoms with Gasteiger partial charge in [0.15, 0.2) is 11.5 Å². The van der Waals surface area contributed by atoms with E-state index in [0.29, 0.717) is 24.7 Å². The molecule has 0 unspecified atom stereocenters. The second-order valence-corrected chi connectivity index (χ2v) is 8.13. The van der Waals surface area contributed by atoms with Crippen molar-refractivity contribution in [3.63, 3.8) is 0 Å². The lowest BCUT2D eigenvalue weighted by Gasteiger charge is -2.26. The molecule has 0 saturated carbocycles. The molecule has 0 saturated heterocycles. The molecule has 0 aliphatic rings. The van der Waals surface area contributed by atoms with Gasteiger partial charge in [-0.15, -0.1) is 11.3 Å². The largest absolute Gasteiger partial charge is 0.493 e. The van der Waals surface area contributed by atoms with Gasteiger partial charge >= 0.3 is 6.03 Å². The molecule has 0 fully saturated rings. The Labute approximate surface area is 181 Å². The van der Waals surface area contributed by atoms with Crippen LogP contribution in [0.3, 0.4) is 0 Å². The fraction of sp³-hybridized carbons (Fsp3) is 0.304. The molecule has 2 amide bonds. The van der Waals surface area contributed by atoms with Gasteiger partial charge in [-0.05, 0) is 45.0 Å². The number of thiazole rings is 1. The molecule has 0 spiro atoms. The lowest BCUT2D eigenvalue weighted by molar-refractivity contribution is 0.193. The smallest absolute Gasteiger partial charge is 0.322 e. The zero-order chi connectivity index (χ0) is 21.5. The number of para-hydroxylation sites is 2. The summed E-state index contributed by atoms with van der Waals surface area (Å²) in [5.74, 6) is 1.37. The van der Waals surface area contributed by atoms with Crippen LogP contribution in [0.4, 0.5) is 10.5 Å². The van der Waals surface area contributed by atoms with E-state index in [1.54, 1.807) is 12.0 Å². The number of benzene rings is 2. The van der Waals surface area contributed by atoms with Crippen LogP contribution in [0.5, 0.6) is 11.5 Å². The van der Waals surface area contributed by atoms with Gasteiger partial charge in [-0.2, -0.15) is 0 Å². The van der Waals surface area contributed by atoms with Crippen molar-refractivity contribution in [2.75, 3.05) is 12.4 Å². The molecule has 0 bridgehead atoms. The van der Waals surface area contributed by atoms with Crippen LogP contribution in [-0.4, -0.2) is 29.1 Å². The number of ether oxygens (including phenoxy) is 2. The zero-order valence-corrected chi connectivity index (χ0v) is 18.5. The molecule has 0 aliphatic heterocycles. The van der Waals surface area contributed by atoms with Crippen molar-refractivity contribution in [2.45, 2.75) is 40.0 Å². The topological polar surface area (TPSA) is 63.7 Å². The van der Waals surface area contributed by atoms with Crippen LogP contribution in [-0.2, 0) is 13.2 Å². The van der Waals surface area contributed by atoms with Crippen molar-refractivity contribution >= 4 is 23.1 Å². The number of amides is 2. The van der Waals surface area contributed by atoms with E-state index in [-0.39, 0.29) is 12.1 Å². The summed E-state index contributed by atoms with van der Waals surface area (Å²) >= 11 is 1.52. The maximum Gasteiger partial charge on any atom is 0.322 e. The van der Waals surface area contributed by atoms with Gasteiger partial charge in [0.05, 0.1) is 19.3 Å². The number of urea groups is 1. The minimum atomic E-state index is -0.145. The predicted molar refractivity (Wildman–Crippen MR) is 120 cm³/mol. The number of anilines is 1. The van der Waals surface area contributed by atoms with E-state index < -0.39 is 0 Å². The first kappa shape index (κ1) is 21.6. The van der Waals surface area contributed by atoms with E-state index in [2.05, 4.69) is 10.3 Å². The number of methoxy groups -OCH3 is 1. The lowest BCUT2D eigenvalue weighted by Crippen LogP contribution is -2.39. The van der Waals surface area contributed by atoms with E-state index >= 15 is 0 Å². The molecule has 0 aliphatic carbocycles. The number of nitrogens with one attached hydrogen (secondary N) is 1. The molecule has 1 heterocycles. The van der Waals surface area contributed by atoms with E-state index in [4.69, 9.17) is 9.47 Å². The third kappa shape index (κ3) is 5.73. The molecular formula is C23H27N3O3S. The van der Waals surface area contributed by atoms with Crippen LogP contribution >= 0.6 is 11.3 Å². The first-order valence-electron chi connectivity index (χ1n) is 9.79. The molecule has 0 atom stereocenters. The van der Waals surface area contributed by atoms with Crippen LogP contribution in [0, 0.1) is 6.92 Å². The average Bonchev–Trinajstić information content (AvgIpc) is 3.19. The Morgan fingerprint density at radius 3 is 2.50 bits per heavy atom. The number of aryl methyl sites for hydroxylation is 1. The summed E-state index contributed by atoms with van der Waals surface area (Å²) in [4.78, 5) is 19.2. The van der Waals surface area contributed by atoms with Gasteiger partial charge in [-0.3, -0.25) is 0 Å². The van der Waals surface area contributed by atoms with Gasteiger partial charge in [0.2, 0.25) is 0 Å². The van der Waals surface area contributed by atoms with E-state index in [1.807, 2.05) is 74.7 Å². The van der Waals surface area contributed by atoms with Crippen LogP contribution in [0.15, 0.2) is 53.9 Å². The first-order chi connectivity index (χ1) is 14.5. The first-order valence-corrected chi connectivity index (χ1v) is 10.7. The molecule has 7 heteroatoms. The highest BCUT2D eigenvalue weighted by Gasteiger charge is 2.19. The molecule has 3 rings (SSSR count). The van der Waals surface area contributed by atoms with Gasteiger partial charge in [0.1, 0.15) is 11.6 Å². The highest BCUT2D eigenvalue weighted by molar-refractivity contribution is 7.09. The van der Waals surface area contributed by atoms with Gasteiger partial charge in [0, 0.05) is 17.1 Å². The Kier molecular flexibility index (Phi) is 7.30. The number of carbonyl (C=O) groups is 1. The maximum absolute atomic E-state index is 12.8. The minimum Gasteiger partial charge on any atom is -0.493 e. The standard InChI is InChI=1S/C23H27N3O3S/c1-16(2)26(23(27)25-18-11-9-17(3)10-12-18)13-19-15-30-22(24-19)14-29-21-8-6-5-7-20(21)28-4/h5-12,15-16H,13-14H2,1-4H3,(H,25,27). The molecule has 2 aromatic carbocycles. The summed E-state index contributed by atoms with van der Waals surface area (Å²) in [5, 5.41) is 5.77. The Bertz CT molecular complexity index is 970. The Morgan fingerprint density at radius 2 is 1.83 bits per heavy atom. The fourth-order valence-corrected chi connectivity index (χ4v) is 3.56.